The fourth-order valence-corrected chi connectivity index (χ4v) is 3.83. The van der Waals surface area contributed by atoms with Crippen LogP contribution in [0.3, 0.4) is 0 Å². The summed E-state index contributed by atoms with van der Waals surface area (Å²) in [5.41, 5.74) is 5.63. The molecule has 3 aromatic rings. The Kier molecular flexibility index (Phi) is 5.16. The van der Waals surface area contributed by atoms with E-state index in [1.54, 1.807) is 6.92 Å². The molecule has 3 heterocycles. The average molecular weight is 432 g/mol. The minimum atomic E-state index is -4.51. The summed E-state index contributed by atoms with van der Waals surface area (Å²) in [6.07, 6.45) is -3.29. The second-order valence-corrected chi connectivity index (χ2v) is 7.57. The highest BCUT2D eigenvalue weighted by atomic mass is 19.4. The van der Waals surface area contributed by atoms with Crippen molar-refractivity contribution in [3.05, 3.63) is 47.2 Å². The van der Waals surface area contributed by atoms with Crippen LogP contribution in [-0.2, 0) is 11.0 Å². The SMILES string of the molecule is Cc1noc2nc(-c3cccc(C(F)(F)F)c3)cc(C(=O)N3CCC[C@H](C(N)=O)C3)c12. The molecule has 4 rings (SSSR count). The van der Waals surface area contributed by atoms with E-state index in [1.165, 1.54) is 23.1 Å². The summed E-state index contributed by atoms with van der Waals surface area (Å²) in [5.74, 6) is -1.29. The number of fused-ring (bicyclic) bond motifs is 1. The number of primary amides is 1. The number of nitrogens with zero attached hydrogens (tertiary/aromatic N) is 3. The maximum Gasteiger partial charge on any atom is 0.416 e. The van der Waals surface area contributed by atoms with Gasteiger partial charge in [0.05, 0.1) is 33.8 Å². The number of hydrogen-bond acceptors (Lipinski definition) is 5. The van der Waals surface area contributed by atoms with Crippen LogP contribution >= 0.6 is 0 Å². The highest BCUT2D eigenvalue weighted by Gasteiger charge is 2.32. The Morgan fingerprint density at radius 1 is 1.26 bits per heavy atom. The summed E-state index contributed by atoms with van der Waals surface area (Å²) in [7, 11) is 0. The van der Waals surface area contributed by atoms with Gasteiger partial charge in [0.25, 0.3) is 11.6 Å². The zero-order chi connectivity index (χ0) is 22.3. The molecule has 10 heteroatoms. The fourth-order valence-electron chi connectivity index (χ4n) is 3.83. The summed E-state index contributed by atoms with van der Waals surface area (Å²) in [4.78, 5) is 30.7. The van der Waals surface area contributed by atoms with E-state index in [4.69, 9.17) is 10.3 Å². The quantitative estimate of drug-likeness (QED) is 0.682. The number of carbonyl (C=O) groups is 2. The van der Waals surface area contributed by atoms with Gasteiger partial charge in [-0.2, -0.15) is 13.2 Å². The Hall–Kier alpha value is -3.43. The molecule has 162 valence electrons. The van der Waals surface area contributed by atoms with Crippen LogP contribution in [0.15, 0.2) is 34.9 Å². The fraction of sp³-hybridized carbons (Fsp3) is 0.333. The minimum Gasteiger partial charge on any atom is -0.369 e. The largest absolute Gasteiger partial charge is 0.416 e. The predicted octanol–water partition coefficient (Wildman–Crippen LogP) is 3.55. The van der Waals surface area contributed by atoms with E-state index in [2.05, 4.69) is 10.1 Å². The predicted molar refractivity (Wildman–Crippen MR) is 105 cm³/mol. The topological polar surface area (TPSA) is 102 Å². The molecule has 2 N–H and O–H groups in total. The minimum absolute atomic E-state index is 0.0548. The zero-order valence-corrected chi connectivity index (χ0v) is 16.6. The van der Waals surface area contributed by atoms with E-state index >= 15 is 0 Å². The Morgan fingerprint density at radius 3 is 2.74 bits per heavy atom. The molecule has 7 nitrogen and oxygen atoms in total. The molecule has 0 radical (unpaired) electrons. The normalized spacial score (nSPS) is 17.2. The number of rotatable bonds is 3. The summed E-state index contributed by atoms with van der Waals surface area (Å²) in [5, 5.41) is 4.25. The van der Waals surface area contributed by atoms with Crippen molar-refractivity contribution in [1.82, 2.24) is 15.0 Å². The lowest BCUT2D eigenvalue weighted by Crippen LogP contribution is -2.44. The van der Waals surface area contributed by atoms with Gasteiger partial charge < -0.3 is 15.2 Å². The number of carbonyl (C=O) groups excluding carboxylic acids is 2. The van der Waals surface area contributed by atoms with Gasteiger partial charge in [-0.05, 0) is 38.0 Å². The van der Waals surface area contributed by atoms with Gasteiger partial charge in [-0.15, -0.1) is 0 Å². The molecule has 0 unspecified atom stereocenters. The summed E-state index contributed by atoms with van der Waals surface area (Å²) < 4.78 is 44.7. The van der Waals surface area contributed by atoms with Crippen molar-refractivity contribution < 1.29 is 27.3 Å². The Labute approximate surface area is 175 Å². The van der Waals surface area contributed by atoms with Crippen molar-refractivity contribution in [3.63, 3.8) is 0 Å². The van der Waals surface area contributed by atoms with E-state index in [0.717, 1.165) is 12.1 Å². The van der Waals surface area contributed by atoms with Crippen LogP contribution in [0.5, 0.6) is 0 Å². The number of aryl methyl sites for hydroxylation is 1. The number of likely N-dealkylation sites (tertiary alicyclic amines) is 1. The second-order valence-electron chi connectivity index (χ2n) is 7.57. The van der Waals surface area contributed by atoms with Gasteiger partial charge in [0.2, 0.25) is 5.91 Å². The van der Waals surface area contributed by atoms with Crippen LogP contribution in [0.4, 0.5) is 13.2 Å². The van der Waals surface area contributed by atoms with Crippen LogP contribution in [0.25, 0.3) is 22.4 Å². The van der Waals surface area contributed by atoms with Gasteiger partial charge in [0, 0.05) is 18.7 Å². The monoisotopic (exact) mass is 432 g/mol. The summed E-state index contributed by atoms with van der Waals surface area (Å²) in [6, 6.07) is 6.13. The van der Waals surface area contributed by atoms with Gasteiger partial charge in [-0.25, -0.2) is 4.98 Å². The van der Waals surface area contributed by atoms with Crippen molar-refractivity contribution in [1.29, 1.82) is 0 Å². The standard InChI is InChI=1S/C21H19F3N4O3/c1-11-17-15(20(30)28-7-3-5-13(10-28)18(25)29)9-16(26-19(17)31-27-11)12-4-2-6-14(8-12)21(22,23)24/h2,4,6,8-9,13H,3,5,7,10H2,1H3,(H2,25,29)/t13-/m0/s1. The molecule has 2 aromatic heterocycles. The van der Waals surface area contributed by atoms with Crippen molar-refractivity contribution in [2.24, 2.45) is 11.7 Å². The first-order valence-corrected chi connectivity index (χ1v) is 9.68. The molecular weight excluding hydrogens is 413 g/mol. The molecule has 1 aliphatic rings. The Bertz CT molecular complexity index is 1170. The average Bonchev–Trinajstić information content (AvgIpc) is 3.13. The molecule has 0 saturated carbocycles. The highest BCUT2D eigenvalue weighted by Crippen LogP contribution is 2.34. The van der Waals surface area contributed by atoms with Gasteiger partial charge in [0.15, 0.2) is 0 Å². The third kappa shape index (κ3) is 3.97. The van der Waals surface area contributed by atoms with Gasteiger partial charge >= 0.3 is 6.18 Å². The van der Waals surface area contributed by atoms with Crippen LogP contribution in [-0.4, -0.2) is 39.9 Å². The smallest absolute Gasteiger partial charge is 0.369 e. The molecule has 0 aliphatic carbocycles. The first-order chi connectivity index (χ1) is 14.6. The van der Waals surface area contributed by atoms with E-state index < -0.39 is 23.6 Å². The first-order valence-electron chi connectivity index (χ1n) is 9.68. The highest BCUT2D eigenvalue weighted by molar-refractivity contribution is 6.07. The van der Waals surface area contributed by atoms with Crippen molar-refractivity contribution in [2.45, 2.75) is 25.9 Å². The van der Waals surface area contributed by atoms with E-state index in [1.807, 2.05) is 0 Å². The maximum atomic E-state index is 13.3. The molecule has 0 bridgehead atoms. The van der Waals surface area contributed by atoms with Crippen LogP contribution in [0.1, 0.15) is 34.5 Å². The number of amides is 2. The third-order valence-electron chi connectivity index (χ3n) is 5.44. The number of benzene rings is 1. The third-order valence-corrected chi connectivity index (χ3v) is 5.44. The van der Waals surface area contributed by atoms with Crippen molar-refractivity contribution >= 4 is 22.9 Å². The van der Waals surface area contributed by atoms with E-state index in [-0.39, 0.29) is 35.0 Å². The maximum absolute atomic E-state index is 13.3. The van der Waals surface area contributed by atoms with Gasteiger partial charge in [-0.3, -0.25) is 9.59 Å². The summed E-state index contributed by atoms with van der Waals surface area (Å²) >= 11 is 0. The van der Waals surface area contributed by atoms with Crippen molar-refractivity contribution in [2.75, 3.05) is 13.1 Å². The molecular formula is C21H19F3N4O3. The van der Waals surface area contributed by atoms with Gasteiger partial charge in [-0.1, -0.05) is 17.3 Å². The number of pyridine rings is 1. The van der Waals surface area contributed by atoms with E-state index in [9.17, 15) is 22.8 Å². The first kappa shape index (κ1) is 20.8. The lowest BCUT2D eigenvalue weighted by molar-refractivity contribution is -0.137. The van der Waals surface area contributed by atoms with Crippen molar-refractivity contribution in [3.8, 4) is 11.3 Å². The number of hydrogen-bond donors (Lipinski definition) is 1. The lowest BCUT2D eigenvalue weighted by Gasteiger charge is -2.31. The molecule has 1 saturated heterocycles. The van der Waals surface area contributed by atoms with Crippen LogP contribution in [0, 0.1) is 12.8 Å². The molecule has 1 fully saturated rings. The number of piperidine rings is 1. The zero-order valence-electron chi connectivity index (χ0n) is 16.6. The molecule has 2 amide bonds. The molecule has 1 atom stereocenters. The van der Waals surface area contributed by atoms with Gasteiger partial charge in [0.1, 0.15) is 0 Å². The Balaban J connectivity index is 1.80. The number of nitrogens with two attached hydrogens (primary N) is 1. The van der Waals surface area contributed by atoms with Crippen LogP contribution < -0.4 is 5.73 Å². The number of alkyl halides is 3. The number of aromatic nitrogens is 2. The van der Waals surface area contributed by atoms with E-state index in [0.29, 0.717) is 30.5 Å². The molecule has 1 aliphatic heterocycles. The van der Waals surface area contributed by atoms with Crippen LogP contribution in [0.2, 0.25) is 0 Å². The molecule has 1 aromatic carbocycles. The molecule has 0 spiro atoms. The number of halogens is 3. The summed E-state index contributed by atoms with van der Waals surface area (Å²) in [6.45, 7) is 2.27. The second kappa shape index (κ2) is 7.68. The lowest BCUT2D eigenvalue weighted by atomic mass is 9.96. The molecule has 31 heavy (non-hydrogen) atoms. The Morgan fingerprint density at radius 2 is 2.03 bits per heavy atom.